The first-order valence-electron chi connectivity index (χ1n) is 6.41. The largest absolute Gasteiger partial charge is 0.489 e. The third kappa shape index (κ3) is 2.60. The van der Waals surface area contributed by atoms with Gasteiger partial charge in [0.1, 0.15) is 12.4 Å². The highest BCUT2D eigenvalue weighted by atomic mass is 35.5. The Kier molecular flexibility index (Phi) is 3.45. The fraction of sp³-hybridized carbons (Fsp3) is 0.250. The first-order valence-corrected chi connectivity index (χ1v) is 6.79. The van der Waals surface area contributed by atoms with E-state index in [4.69, 9.17) is 16.3 Å². The monoisotopic (exact) mass is 274 g/mol. The Bertz CT molecular complexity index is 578. The number of fused-ring (bicyclic) bond motifs is 1. The summed E-state index contributed by atoms with van der Waals surface area (Å²) in [6.45, 7) is 0.518. The SMILES string of the molecule is OC1CCc2c(OCc3ccc(Cl)cc3)cccc21. The highest BCUT2D eigenvalue weighted by Gasteiger charge is 2.23. The summed E-state index contributed by atoms with van der Waals surface area (Å²) < 4.78 is 5.87. The minimum atomic E-state index is -0.339. The topological polar surface area (TPSA) is 29.5 Å². The molecule has 0 aliphatic heterocycles. The van der Waals surface area contributed by atoms with Gasteiger partial charge < -0.3 is 9.84 Å². The number of benzene rings is 2. The average Bonchev–Trinajstić information content (AvgIpc) is 2.81. The number of hydrogen-bond acceptors (Lipinski definition) is 2. The lowest BCUT2D eigenvalue weighted by Crippen LogP contribution is -1.98. The molecule has 0 fully saturated rings. The van der Waals surface area contributed by atoms with Gasteiger partial charge in [0.2, 0.25) is 0 Å². The molecule has 0 amide bonds. The minimum absolute atomic E-state index is 0.339. The predicted molar refractivity (Wildman–Crippen MR) is 75.5 cm³/mol. The summed E-state index contributed by atoms with van der Waals surface area (Å²) in [5.41, 5.74) is 3.23. The van der Waals surface area contributed by atoms with Crippen molar-refractivity contribution in [2.45, 2.75) is 25.6 Å². The lowest BCUT2D eigenvalue weighted by molar-refractivity contribution is 0.180. The molecule has 1 N–H and O–H groups in total. The normalized spacial score (nSPS) is 17.3. The Hall–Kier alpha value is -1.51. The molecule has 1 aliphatic carbocycles. The second-order valence-electron chi connectivity index (χ2n) is 4.79. The third-order valence-corrected chi connectivity index (χ3v) is 3.76. The van der Waals surface area contributed by atoms with Crippen LogP contribution >= 0.6 is 11.6 Å². The zero-order valence-electron chi connectivity index (χ0n) is 10.5. The molecule has 1 atom stereocenters. The summed E-state index contributed by atoms with van der Waals surface area (Å²) >= 11 is 5.85. The smallest absolute Gasteiger partial charge is 0.123 e. The number of aliphatic hydroxyl groups is 1. The van der Waals surface area contributed by atoms with Crippen LogP contribution in [0.1, 0.15) is 29.2 Å². The maximum Gasteiger partial charge on any atom is 0.123 e. The molecule has 2 aromatic carbocycles. The number of rotatable bonds is 3. The predicted octanol–water partition coefficient (Wildman–Crippen LogP) is 3.90. The first-order chi connectivity index (χ1) is 9.24. The standard InChI is InChI=1S/C16H15ClO2/c17-12-6-4-11(5-7-12)10-19-16-3-1-2-13-14(16)8-9-15(13)18/h1-7,15,18H,8-10H2. The van der Waals surface area contributed by atoms with Crippen LogP contribution in [0.4, 0.5) is 0 Å². The summed E-state index contributed by atoms with van der Waals surface area (Å²) in [4.78, 5) is 0. The number of aliphatic hydroxyl groups excluding tert-OH is 1. The number of ether oxygens (including phenoxy) is 1. The molecule has 3 heteroatoms. The quantitative estimate of drug-likeness (QED) is 0.920. The van der Waals surface area contributed by atoms with E-state index in [-0.39, 0.29) is 6.10 Å². The summed E-state index contributed by atoms with van der Waals surface area (Å²) in [6.07, 6.45) is 1.33. The van der Waals surface area contributed by atoms with E-state index in [1.807, 2.05) is 42.5 Å². The van der Waals surface area contributed by atoms with Crippen molar-refractivity contribution in [1.29, 1.82) is 0 Å². The summed E-state index contributed by atoms with van der Waals surface area (Å²) in [5.74, 6) is 0.879. The Morgan fingerprint density at radius 1 is 1.16 bits per heavy atom. The molecule has 0 spiro atoms. The fourth-order valence-electron chi connectivity index (χ4n) is 2.48. The van der Waals surface area contributed by atoms with Gasteiger partial charge in [0.25, 0.3) is 0 Å². The van der Waals surface area contributed by atoms with Gasteiger partial charge in [0.15, 0.2) is 0 Å². The van der Waals surface area contributed by atoms with Gasteiger partial charge in [-0.15, -0.1) is 0 Å². The van der Waals surface area contributed by atoms with E-state index in [9.17, 15) is 5.11 Å². The Morgan fingerprint density at radius 2 is 1.95 bits per heavy atom. The van der Waals surface area contributed by atoms with Crippen molar-refractivity contribution in [2.24, 2.45) is 0 Å². The van der Waals surface area contributed by atoms with Gasteiger partial charge in [-0.2, -0.15) is 0 Å². The maximum absolute atomic E-state index is 9.85. The van der Waals surface area contributed by atoms with Crippen molar-refractivity contribution in [1.82, 2.24) is 0 Å². The second-order valence-corrected chi connectivity index (χ2v) is 5.23. The molecule has 1 unspecified atom stereocenters. The molecule has 3 rings (SSSR count). The van der Waals surface area contributed by atoms with E-state index in [1.54, 1.807) is 0 Å². The van der Waals surface area contributed by atoms with Gasteiger partial charge in [-0.05, 0) is 42.2 Å². The van der Waals surface area contributed by atoms with Crippen LogP contribution in [-0.4, -0.2) is 5.11 Å². The third-order valence-electron chi connectivity index (χ3n) is 3.50. The molecule has 0 saturated carbocycles. The average molecular weight is 275 g/mol. The molecule has 2 nitrogen and oxygen atoms in total. The van der Waals surface area contributed by atoms with Gasteiger partial charge in [-0.3, -0.25) is 0 Å². The molecular formula is C16H15ClO2. The van der Waals surface area contributed by atoms with Crippen molar-refractivity contribution in [3.8, 4) is 5.75 Å². The van der Waals surface area contributed by atoms with Gasteiger partial charge in [0.05, 0.1) is 6.10 Å². The number of hydrogen-bond donors (Lipinski definition) is 1. The molecule has 0 aromatic heterocycles. The van der Waals surface area contributed by atoms with Crippen LogP contribution in [0.2, 0.25) is 5.02 Å². The van der Waals surface area contributed by atoms with Crippen molar-refractivity contribution >= 4 is 11.6 Å². The Labute approximate surface area is 117 Å². The zero-order valence-corrected chi connectivity index (χ0v) is 11.2. The summed E-state index contributed by atoms with van der Waals surface area (Å²) in [6, 6.07) is 13.5. The van der Waals surface area contributed by atoms with Crippen LogP contribution in [0.25, 0.3) is 0 Å². The van der Waals surface area contributed by atoms with Crippen LogP contribution in [0.15, 0.2) is 42.5 Å². The zero-order chi connectivity index (χ0) is 13.2. The van der Waals surface area contributed by atoms with Crippen LogP contribution in [-0.2, 0) is 13.0 Å². The summed E-state index contributed by atoms with van der Waals surface area (Å²) in [7, 11) is 0. The highest BCUT2D eigenvalue weighted by Crippen LogP contribution is 2.36. The van der Waals surface area contributed by atoms with Crippen molar-refractivity contribution in [2.75, 3.05) is 0 Å². The molecule has 0 heterocycles. The van der Waals surface area contributed by atoms with Crippen molar-refractivity contribution in [3.05, 3.63) is 64.2 Å². The molecule has 0 radical (unpaired) electrons. The Morgan fingerprint density at radius 3 is 2.74 bits per heavy atom. The van der Waals surface area contributed by atoms with E-state index < -0.39 is 0 Å². The fourth-order valence-corrected chi connectivity index (χ4v) is 2.60. The van der Waals surface area contributed by atoms with E-state index in [0.717, 1.165) is 40.3 Å². The van der Waals surface area contributed by atoms with Crippen LogP contribution in [0.3, 0.4) is 0 Å². The Balaban J connectivity index is 1.76. The van der Waals surface area contributed by atoms with E-state index >= 15 is 0 Å². The molecule has 1 aliphatic rings. The molecule has 19 heavy (non-hydrogen) atoms. The molecule has 2 aromatic rings. The van der Waals surface area contributed by atoms with E-state index in [1.165, 1.54) is 0 Å². The number of halogens is 1. The van der Waals surface area contributed by atoms with Crippen LogP contribution in [0.5, 0.6) is 5.75 Å². The van der Waals surface area contributed by atoms with Crippen LogP contribution < -0.4 is 4.74 Å². The van der Waals surface area contributed by atoms with Crippen LogP contribution in [0, 0.1) is 0 Å². The highest BCUT2D eigenvalue weighted by molar-refractivity contribution is 6.30. The van der Waals surface area contributed by atoms with Gasteiger partial charge in [-0.25, -0.2) is 0 Å². The van der Waals surface area contributed by atoms with E-state index in [0.29, 0.717) is 6.61 Å². The van der Waals surface area contributed by atoms with Crippen molar-refractivity contribution in [3.63, 3.8) is 0 Å². The molecule has 0 bridgehead atoms. The second kappa shape index (κ2) is 5.24. The van der Waals surface area contributed by atoms with Gasteiger partial charge in [-0.1, -0.05) is 35.9 Å². The van der Waals surface area contributed by atoms with Crippen molar-refractivity contribution < 1.29 is 9.84 Å². The molecule has 0 saturated heterocycles. The maximum atomic E-state index is 9.85. The minimum Gasteiger partial charge on any atom is -0.489 e. The van der Waals surface area contributed by atoms with Gasteiger partial charge in [0, 0.05) is 10.6 Å². The lowest BCUT2D eigenvalue weighted by atomic mass is 10.1. The molecule has 98 valence electrons. The molecular weight excluding hydrogens is 260 g/mol. The van der Waals surface area contributed by atoms with E-state index in [2.05, 4.69) is 0 Å². The summed E-state index contributed by atoms with van der Waals surface area (Å²) in [5, 5.41) is 10.6. The lowest BCUT2D eigenvalue weighted by Gasteiger charge is -2.11. The first kappa shape index (κ1) is 12.5. The van der Waals surface area contributed by atoms with Gasteiger partial charge >= 0.3 is 0 Å².